The van der Waals surface area contributed by atoms with E-state index < -0.39 is 0 Å². The average Bonchev–Trinajstić information content (AvgIpc) is 3.68. The van der Waals surface area contributed by atoms with Gasteiger partial charge in [0.2, 0.25) is 0 Å². The third kappa shape index (κ3) is 12.6. The Bertz CT molecular complexity index is 1700. The maximum atomic E-state index is 3.92. The number of fused-ring (bicyclic) bond motifs is 6. The normalized spacial score (nSPS) is 12.3. The van der Waals surface area contributed by atoms with E-state index in [2.05, 4.69) is 117 Å². The minimum Gasteiger partial charge on any atom is -0.337 e. The van der Waals surface area contributed by atoms with Gasteiger partial charge in [-0.05, 0) is 62.1 Å². The number of rotatable bonds is 30. The first-order valence-corrected chi connectivity index (χ1v) is 25.5. The number of unbranched alkanes of at least 4 members (excludes halogenated alkanes) is 20. The molecule has 4 heteroatoms. The number of hydrogen-bond acceptors (Lipinski definition) is 0. The van der Waals surface area contributed by atoms with Crippen molar-refractivity contribution in [3.8, 4) is 0 Å². The summed E-state index contributed by atoms with van der Waals surface area (Å²) in [6.07, 6.45) is 37.7. The van der Waals surface area contributed by atoms with Crippen molar-refractivity contribution >= 4 is 75.5 Å². The second-order valence-electron chi connectivity index (χ2n) is 17.5. The van der Waals surface area contributed by atoms with Crippen molar-refractivity contribution < 1.29 is 0 Å². The summed E-state index contributed by atoms with van der Waals surface area (Å²) in [7, 11) is 0. The fraction of sp³-hybridized carbons (Fsp3) is 0.654. The predicted octanol–water partition coefficient (Wildman–Crippen LogP) is 19.5. The van der Waals surface area contributed by atoms with Gasteiger partial charge in [-0.2, -0.15) is 0 Å². The van der Waals surface area contributed by atoms with Gasteiger partial charge in [-0.25, -0.2) is 0 Å². The van der Waals surface area contributed by atoms with E-state index in [0.717, 1.165) is 0 Å². The number of nitrogens with zero attached hydrogens (tertiary/aromatic N) is 2. The van der Waals surface area contributed by atoms with Gasteiger partial charge in [0.15, 0.2) is 0 Å². The first-order chi connectivity index (χ1) is 27.5. The van der Waals surface area contributed by atoms with Crippen LogP contribution in [-0.4, -0.2) is 9.13 Å². The van der Waals surface area contributed by atoms with Gasteiger partial charge in [-0.15, -0.1) is 0 Å². The van der Waals surface area contributed by atoms with Gasteiger partial charge >= 0.3 is 0 Å². The van der Waals surface area contributed by atoms with E-state index in [0.29, 0.717) is 12.1 Å². The van der Waals surface area contributed by atoms with Crippen LogP contribution in [0.3, 0.4) is 0 Å². The Labute approximate surface area is 359 Å². The summed E-state index contributed by atoms with van der Waals surface area (Å²) in [6.45, 7) is 9.32. The standard InChI is InChI=1S/C52H78Br2N2/c1-5-9-13-17-21-25-29-43(30-26-22-18-14-10-6-2)55-49-37-41(53)33-35-45(49)47-40-52-48(39-51(47)55)46-36-34-42(54)38-50(46)56(52)44(31-27-23-19-15-11-7-3)32-28-24-20-16-12-8-4/h33-40,43-44H,5-32H2,1-4H3. The highest BCUT2D eigenvalue weighted by Crippen LogP contribution is 2.43. The molecule has 0 atom stereocenters. The molecule has 2 nitrogen and oxygen atoms in total. The Morgan fingerprint density at radius 2 is 0.607 bits per heavy atom. The van der Waals surface area contributed by atoms with Crippen LogP contribution in [0.25, 0.3) is 43.6 Å². The molecular weight excluding hydrogens is 812 g/mol. The monoisotopic (exact) mass is 888 g/mol. The minimum atomic E-state index is 0.523. The summed E-state index contributed by atoms with van der Waals surface area (Å²) in [6, 6.07) is 20.5. The van der Waals surface area contributed by atoms with Crippen LogP contribution in [0.2, 0.25) is 0 Å². The van der Waals surface area contributed by atoms with Crippen molar-refractivity contribution in [3.05, 3.63) is 57.5 Å². The van der Waals surface area contributed by atoms with Gasteiger partial charge in [0.25, 0.3) is 0 Å². The molecule has 2 aromatic heterocycles. The Balaban J connectivity index is 1.59. The molecule has 310 valence electrons. The molecule has 0 unspecified atom stereocenters. The zero-order chi connectivity index (χ0) is 39.5. The van der Waals surface area contributed by atoms with E-state index in [1.54, 1.807) is 0 Å². The Morgan fingerprint density at radius 1 is 0.339 bits per heavy atom. The molecule has 5 aromatic rings. The summed E-state index contributed by atoms with van der Waals surface area (Å²) in [5.41, 5.74) is 5.72. The van der Waals surface area contributed by atoms with E-state index in [4.69, 9.17) is 0 Å². The first-order valence-electron chi connectivity index (χ1n) is 23.9. The lowest BCUT2D eigenvalue weighted by atomic mass is 9.99. The molecule has 0 amide bonds. The molecular formula is C52H78Br2N2. The van der Waals surface area contributed by atoms with E-state index in [1.807, 2.05) is 0 Å². The minimum absolute atomic E-state index is 0.523. The van der Waals surface area contributed by atoms with Crippen LogP contribution in [-0.2, 0) is 0 Å². The van der Waals surface area contributed by atoms with Gasteiger partial charge in [0, 0.05) is 42.6 Å². The Hall–Kier alpha value is -1.78. The first kappa shape index (κ1) is 45.3. The number of hydrogen-bond donors (Lipinski definition) is 0. The number of benzene rings is 3. The molecule has 0 aliphatic heterocycles. The summed E-state index contributed by atoms with van der Waals surface area (Å²) in [5, 5.41) is 5.72. The molecule has 0 N–H and O–H groups in total. The highest BCUT2D eigenvalue weighted by atomic mass is 79.9. The average molecular weight is 891 g/mol. The summed E-state index contributed by atoms with van der Waals surface area (Å²) >= 11 is 7.84. The van der Waals surface area contributed by atoms with Crippen molar-refractivity contribution in [3.63, 3.8) is 0 Å². The third-order valence-electron chi connectivity index (χ3n) is 12.9. The lowest BCUT2D eigenvalue weighted by molar-refractivity contribution is 0.409. The SMILES string of the molecule is CCCCCCCCC(CCCCCCCC)n1c2cc(Br)ccc2c2cc3c(cc21)c1ccc(Br)cc1n3C(CCCCCCCC)CCCCCCCC. The van der Waals surface area contributed by atoms with Crippen LogP contribution < -0.4 is 0 Å². The largest absolute Gasteiger partial charge is 0.337 e. The molecule has 0 saturated carbocycles. The van der Waals surface area contributed by atoms with Crippen LogP contribution in [0.4, 0.5) is 0 Å². The number of aromatic nitrogens is 2. The third-order valence-corrected chi connectivity index (χ3v) is 13.9. The van der Waals surface area contributed by atoms with Gasteiger partial charge < -0.3 is 9.13 Å². The predicted molar refractivity (Wildman–Crippen MR) is 258 cm³/mol. The van der Waals surface area contributed by atoms with Crippen molar-refractivity contribution in [2.45, 2.75) is 220 Å². The molecule has 0 saturated heterocycles. The van der Waals surface area contributed by atoms with Crippen LogP contribution in [0.1, 0.15) is 220 Å². The fourth-order valence-corrected chi connectivity index (χ4v) is 10.5. The molecule has 0 bridgehead atoms. The maximum Gasteiger partial charge on any atom is 0.0505 e. The van der Waals surface area contributed by atoms with E-state index in [-0.39, 0.29) is 0 Å². The molecule has 0 radical (unpaired) electrons. The highest BCUT2D eigenvalue weighted by Gasteiger charge is 2.24. The van der Waals surface area contributed by atoms with Crippen LogP contribution in [0.15, 0.2) is 57.5 Å². The van der Waals surface area contributed by atoms with Crippen LogP contribution in [0, 0.1) is 0 Å². The molecule has 2 heterocycles. The summed E-state index contributed by atoms with van der Waals surface area (Å²) in [4.78, 5) is 0. The van der Waals surface area contributed by atoms with Crippen LogP contribution in [0.5, 0.6) is 0 Å². The van der Waals surface area contributed by atoms with E-state index >= 15 is 0 Å². The summed E-state index contributed by atoms with van der Waals surface area (Å²) < 4.78 is 8.02. The summed E-state index contributed by atoms with van der Waals surface area (Å²) in [5.74, 6) is 0. The number of halogens is 2. The molecule has 0 aliphatic carbocycles. The van der Waals surface area contributed by atoms with Crippen molar-refractivity contribution in [2.24, 2.45) is 0 Å². The molecule has 0 fully saturated rings. The maximum absolute atomic E-state index is 3.92. The van der Waals surface area contributed by atoms with Crippen molar-refractivity contribution in [1.82, 2.24) is 9.13 Å². The van der Waals surface area contributed by atoms with Gasteiger partial charge in [-0.3, -0.25) is 0 Å². The van der Waals surface area contributed by atoms with E-state index in [1.165, 1.54) is 232 Å². The zero-order valence-electron chi connectivity index (χ0n) is 36.2. The highest BCUT2D eigenvalue weighted by molar-refractivity contribution is 9.10. The Morgan fingerprint density at radius 3 is 0.911 bits per heavy atom. The van der Waals surface area contributed by atoms with Crippen molar-refractivity contribution in [2.75, 3.05) is 0 Å². The van der Waals surface area contributed by atoms with Gasteiger partial charge in [0.1, 0.15) is 0 Å². The van der Waals surface area contributed by atoms with E-state index in [9.17, 15) is 0 Å². The fourth-order valence-electron chi connectivity index (χ4n) is 9.76. The molecule has 56 heavy (non-hydrogen) atoms. The second kappa shape index (κ2) is 25.0. The quantitative estimate of drug-likeness (QED) is 0.0407. The van der Waals surface area contributed by atoms with Gasteiger partial charge in [-0.1, -0.05) is 226 Å². The van der Waals surface area contributed by atoms with Crippen molar-refractivity contribution in [1.29, 1.82) is 0 Å². The molecule has 0 aliphatic rings. The molecule has 0 spiro atoms. The lowest BCUT2D eigenvalue weighted by Gasteiger charge is -2.23. The lowest BCUT2D eigenvalue weighted by Crippen LogP contribution is -2.10. The Kier molecular flexibility index (Phi) is 20.2. The smallest absolute Gasteiger partial charge is 0.0505 e. The van der Waals surface area contributed by atoms with Gasteiger partial charge in [0.05, 0.1) is 22.1 Å². The second-order valence-corrected chi connectivity index (χ2v) is 19.3. The van der Waals surface area contributed by atoms with Crippen LogP contribution >= 0.6 is 31.9 Å². The topological polar surface area (TPSA) is 9.86 Å². The molecule has 3 aromatic carbocycles. The molecule has 5 rings (SSSR count). The zero-order valence-corrected chi connectivity index (χ0v) is 39.4.